The van der Waals surface area contributed by atoms with Crippen LogP contribution in [0.5, 0.6) is 0 Å². The Labute approximate surface area is 142 Å². The third-order valence-electron chi connectivity index (χ3n) is 4.18. The lowest BCUT2D eigenvalue weighted by Crippen LogP contribution is -2.41. The van der Waals surface area contributed by atoms with Crippen LogP contribution in [0, 0.1) is 0 Å². The van der Waals surface area contributed by atoms with E-state index >= 15 is 0 Å². The third-order valence-corrected chi connectivity index (χ3v) is 4.18. The number of nitrogens with one attached hydrogen (secondary N) is 1. The van der Waals surface area contributed by atoms with E-state index < -0.39 is 0 Å². The molecule has 0 bridgehead atoms. The molecule has 0 saturated heterocycles. The molecule has 0 saturated carbocycles. The first-order chi connectivity index (χ1) is 11.5. The Kier molecular flexibility index (Phi) is 4.49. The van der Waals surface area contributed by atoms with Crippen LogP contribution in [0.1, 0.15) is 39.6 Å². The number of hydrazine groups is 1. The molecule has 6 nitrogen and oxygen atoms in total. The van der Waals surface area contributed by atoms with E-state index in [0.717, 1.165) is 17.2 Å². The number of aliphatic imine (C=N–C) groups is 1. The largest absolute Gasteiger partial charge is 0.336 e. The van der Waals surface area contributed by atoms with Crippen molar-refractivity contribution in [1.29, 1.82) is 0 Å². The van der Waals surface area contributed by atoms with Crippen LogP contribution in [0.2, 0.25) is 0 Å². The monoisotopic (exact) mass is 325 g/mol. The number of amidine groups is 1. The van der Waals surface area contributed by atoms with Gasteiger partial charge in [-0.2, -0.15) is 5.43 Å². The number of hydrogen-bond acceptors (Lipinski definition) is 5. The van der Waals surface area contributed by atoms with E-state index in [0.29, 0.717) is 12.1 Å². The van der Waals surface area contributed by atoms with Crippen molar-refractivity contribution in [3.05, 3.63) is 53.5 Å². The number of allylic oxidation sites excluding steroid dienone is 1. The van der Waals surface area contributed by atoms with Gasteiger partial charge in [0.25, 0.3) is 5.91 Å². The van der Waals surface area contributed by atoms with Crippen molar-refractivity contribution >= 4 is 11.7 Å². The van der Waals surface area contributed by atoms with E-state index in [4.69, 9.17) is 0 Å². The first-order valence-electron chi connectivity index (χ1n) is 8.27. The number of pyridine rings is 1. The summed E-state index contributed by atoms with van der Waals surface area (Å²) in [4.78, 5) is 23.6. The average Bonchev–Trinajstić information content (AvgIpc) is 3.00. The minimum absolute atomic E-state index is 0.0375. The van der Waals surface area contributed by atoms with E-state index in [1.807, 2.05) is 68.0 Å². The van der Waals surface area contributed by atoms with Gasteiger partial charge in [-0.3, -0.25) is 14.8 Å². The highest BCUT2D eigenvalue weighted by Crippen LogP contribution is 2.26. The Hall–Kier alpha value is -2.47. The fourth-order valence-corrected chi connectivity index (χ4v) is 2.96. The van der Waals surface area contributed by atoms with Gasteiger partial charge in [0, 0.05) is 30.1 Å². The number of likely N-dealkylation sites (N-methyl/N-ethyl adjacent to an activating group) is 1. The average molecular weight is 325 g/mol. The maximum Gasteiger partial charge on any atom is 0.254 e. The lowest BCUT2D eigenvalue weighted by molar-refractivity contribution is -0.128. The van der Waals surface area contributed by atoms with Crippen molar-refractivity contribution in [1.82, 2.24) is 20.3 Å². The van der Waals surface area contributed by atoms with Crippen LogP contribution < -0.4 is 5.43 Å². The number of carbonyl (C=O) groups is 1. The Balaban J connectivity index is 1.89. The first-order valence-corrected chi connectivity index (χ1v) is 8.27. The minimum atomic E-state index is -0.234. The minimum Gasteiger partial charge on any atom is -0.336 e. The summed E-state index contributed by atoms with van der Waals surface area (Å²) in [5.74, 6) is 0.782. The second-order valence-corrected chi connectivity index (χ2v) is 6.18. The molecule has 24 heavy (non-hydrogen) atoms. The van der Waals surface area contributed by atoms with Gasteiger partial charge < -0.3 is 4.90 Å². The lowest BCUT2D eigenvalue weighted by atomic mass is 10.1. The standard InChI is InChI=1S/C18H23N5O/c1-5-22(12(2)3)18(24)14-10-13(4)23-16(11-14)20-17(21-23)15-8-6-7-9-19-15/h6-12,17,21H,5H2,1-4H3. The Morgan fingerprint density at radius 3 is 2.79 bits per heavy atom. The van der Waals surface area contributed by atoms with Gasteiger partial charge in [-0.1, -0.05) is 6.07 Å². The molecular weight excluding hydrogens is 302 g/mol. The number of rotatable bonds is 4. The summed E-state index contributed by atoms with van der Waals surface area (Å²) in [6.07, 6.45) is 5.27. The van der Waals surface area contributed by atoms with Gasteiger partial charge in [0.1, 0.15) is 5.84 Å². The molecule has 1 aromatic rings. The molecule has 126 valence electrons. The summed E-state index contributed by atoms with van der Waals surface area (Å²) in [5.41, 5.74) is 5.78. The second kappa shape index (κ2) is 6.57. The highest BCUT2D eigenvalue weighted by molar-refractivity contribution is 6.07. The predicted molar refractivity (Wildman–Crippen MR) is 93.8 cm³/mol. The highest BCUT2D eigenvalue weighted by Gasteiger charge is 2.31. The van der Waals surface area contributed by atoms with Gasteiger partial charge in [0.2, 0.25) is 0 Å². The summed E-state index contributed by atoms with van der Waals surface area (Å²) >= 11 is 0. The first kappa shape index (κ1) is 16.4. The van der Waals surface area contributed by atoms with Gasteiger partial charge >= 0.3 is 0 Å². The molecule has 3 rings (SSSR count). The summed E-state index contributed by atoms with van der Waals surface area (Å²) in [6.45, 7) is 8.70. The predicted octanol–water partition coefficient (Wildman–Crippen LogP) is 2.40. The molecule has 2 aliphatic rings. The number of aromatic nitrogens is 1. The molecule has 3 heterocycles. The molecule has 6 heteroatoms. The number of carbonyl (C=O) groups excluding carboxylic acids is 1. The number of nitrogens with zero attached hydrogens (tertiary/aromatic N) is 4. The van der Waals surface area contributed by atoms with Crippen molar-refractivity contribution in [2.24, 2.45) is 4.99 Å². The summed E-state index contributed by atoms with van der Waals surface area (Å²) in [7, 11) is 0. The Morgan fingerprint density at radius 2 is 2.17 bits per heavy atom. The fourth-order valence-electron chi connectivity index (χ4n) is 2.96. The quantitative estimate of drug-likeness (QED) is 0.923. The van der Waals surface area contributed by atoms with Crippen LogP contribution in [-0.2, 0) is 4.79 Å². The highest BCUT2D eigenvalue weighted by atomic mass is 16.2. The van der Waals surface area contributed by atoms with Crippen LogP contribution in [0.25, 0.3) is 0 Å². The van der Waals surface area contributed by atoms with Gasteiger partial charge in [0.05, 0.1) is 5.69 Å². The van der Waals surface area contributed by atoms with Crippen LogP contribution in [0.15, 0.2) is 52.8 Å². The van der Waals surface area contributed by atoms with E-state index in [-0.39, 0.29) is 18.1 Å². The smallest absolute Gasteiger partial charge is 0.254 e. The summed E-state index contributed by atoms with van der Waals surface area (Å²) in [6, 6.07) is 5.93. The fraction of sp³-hybridized carbons (Fsp3) is 0.389. The molecule has 0 fully saturated rings. The molecule has 1 amide bonds. The maximum atomic E-state index is 12.8. The topological polar surface area (TPSA) is 60.8 Å². The van der Waals surface area contributed by atoms with Gasteiger partial charge in [-0.25, -0.2) is 4.99 Å². The molecule has 0 radical (unpaired) electrons. The molecule has 1 unspecified atom stereocenters. The van der Waals surface area contributed by atoms with Crippen molar-refractivity contribution in [3.63, 3.8) is 0 Å². The van der Waals surface area contributed by atoms with Gasteiger partial charge in [-0.15, -0.1) is 0 Å². The Bertz CT molecular complexity index is 720. The normalized spacial score (nSPS) is 19.6. The van der Waals surface area contributed by atoms with Crippen LogP contribution in [0.4, 0.5) is 0 Å². The molecule has 0 aliphatic carbocycles. The van der Waals surface area contributed by atoms with Gasteiger partial charge in [0.15, 0.2) is 6.17 Å². The lowest BCUT2D eigenvalue weighted by Gasteiger charge is -2.29. The van der Waals surface area contributed by atoms with E-state index in [1.165, 1.54) is 0 Å². The summed E-state index contributed by atoms with van der Waals surface area (Å²) < 4.78 is 0. The number of fused-ring (bicyclic) bond motifs is 1. The summed E-state index contributed by atoms with van der Waals surface area (Å²) in [5, 5.41) is 1.90. The van der Waals surface area contributed by atoms with Crippen LogP contribution >= 0.6 is 0 Å². The van der Waals surface area contributed by atoms with Crippen molar-refractivity contribution in [2.75, 3.05) is 6.54 Å². The second-order valence-electron chi connectivity index (χ2n) is 6.18. The number of amides is 1. The molecule has 1 atom stereocenters. The van der Waals surface area contributed by atoms with Crippen molar-refractivity contribution in [2.45, 2.75) is 39.9 Å². The van der Waals surface area contributed by atoms with Crippen LogP contribution in [0.3, 0.4) is 0 Å². The zero-order valence-corrected chi connectivity index (χ0v) is 14.5. The van der Waals surface area contributed by atoms with Crippen molar-refractivity contribution in [3.8, 4) is 0 Å². The van der Waals surface area contributed by atoms with E-state index in [9.17, 15) is 4.79 Å². The Morgan fingerprint density at radius 1 is 1.38 bits per heavy atom. The SMILES string of the molecule is CCN(C(=O)C1=CC2=NC(c3ccccn3)NN2C(C)=C1)C(C)C. The maximum absolute atomic E-state index is 12.8. The number of hydrogen-bond donors (Lipinski definition) is 1. The molecule has 1 N–H and O–H groups in total. The molecule has 0 aromatic carbocycles. The zero-order chi connectivity index (χ0) is 17.3. The van der Waals surface area contributed by atoms with Crippen molar-refractivity contribution < 1.29 is 4.79 Å². The molecule has 0 spiro atoms. The third kappa shape index (κ3) is 2.97. The van der Waals surface area contributed by atoms with Gasteiger partial charge in [-0.05, 0) is 52.0 Å². The van der Waals surface area contributed by atoms with E-state index in [1.54, 1.807) is 6.20 Å². The molecule has 1 aromatic heterocycles. The molecule has 2 aliphatic heterocycles. The molecular formula is C18H23N5O. The zero-order valence-electron chi connectivity index (χ0n) is 14.5. The van der Waals surface area contributed by atoms with E-state index in [2.05, 4.69) is 15.4 Å². The van der Waals surface area contributed by atoms with Crippen LogP contribution in [-0.4, -0.2) is 39.2 Å².